The van der Waals surface area contributed by atoms with E-state index in [2.05, 4.69) is 0 Å². The first-order valence-corrected chi connectivity index (χ1v) is 8.33. The van der Waals surface area contributed by atoms with Crippen molar-refractivity contribution in [2.45, 2.75) is 19.8 Å². The van der Waals surface area contributed by atoms with E-state index in [1.165, 1.54) is 12.1 Å². The SMILES string of the molecule is Cc1c([C@H](C)C(N)=O)c2cc(O)c(F)cc2n1C(=O)c1ccc(Cl)c(F)c1. The third kappa shape index (κ3) is 3.04. The van der Waals surface area contributed by atoms with Crippen molar-refractivity contribution in [1.82, 2.24) is 4.57 Å². The second-order valence-electron chi connectivity index (χ2n) is 6.21. The summed E-state index contributed by atoms with van der Waals surface area (Å²) in [7, 11) is 0. The molecule has 0 aliphatic carbocycles. The number of amides is 1. The summed E-state index contributed by atoms with van der Waals surface area (Å²) >= 11 is 5.65. The number of halogens is 3. The first kappa shape index (κ1) is 18.8. The third-order valence-electron chi connectivity index (χ3n) is 4.55. The first-order valence-electron chi connectivity index (χ1n) is 7.96. The largest absolute Gasteiger partial charge is 0.505 e. The molecule has 0 unspecified atom stereocenters. The van der Waals surface area contributed by atoms with Gasteiger partial charge in [-0.2, -0.15) is 0 Å². The number of carbonyl (C=O) groups excluding carboxylic acids is 2. The van der Waals surface area contributed by atoms with Crippen molar-refractivity contribution in [1.29, 1.82) is 0 Å². The maximum absolute atomic E-state index is 14.0. The number of carbonyl (C=O) groups is 2. The van der Waals surface area contributed by atoms with Gasteiger partial charge in [0.15, 0.2) is 11.6 Å². The highest BCUT2D eigenvalue weighted by Crippen LogP contribution is 2.35. The quantitative estimate of drug-likeness (QED) is 0.709. The molecule has 1 aromatic heterocycles. The van der Waals surface area contributed by atoms with Crippen molar-refractivity contribution in [2.75, 3.05) is 0 Å². The van der Waals surface area contributed by atoms with E-state index in [0.717, 1.165) is 22.8 Å². The van der Waals surface area contributed by atoms with Gasteiger partial charge in [-0.05, 0) is 43.7 Å². The number of rotatable bonds is 3. The summed E-state index contributed by atoms with van der Waals surface area (Å²) in [6, 6.07) is 5.68. The molecule has 1 atom stereocenters. The molecule has 27 heavy (non-hydrogen) atoms. The fourth-order valence-electron chi connectivity index (χ4n) is 3.16. The van der Waals surface area contributed by atoms with Crippen LogP contribution in [-0.2, 0) is 4.79 Å². The fourth-order valence-corrected chi connectivity index (χ4v) is 3.27. The van der Waals surface area contributed by atoms with Crippen molar-refractivity contribution in [3.05, 3.63) is 63.8 Å². The van der Waals surface area contributed by atoms with E-state index in [4.69, 9.17) is 17.3 Å². The molecule has 0 bridgehead atoms. The molecule has 0 spiro atoms. The number of phenolic OH excluding ortho intramolecular Hbond substituents is 1. The van der Waals surface area contributed by atoms with Crippen LogP contribution >= 0.6 is 11.6 Å². The van der Waals surface area contributed by atoms with Crippen LogP contribution in [0.1, 0.15) is 34.5 Å². The summed E-state index contributed by atoms with van der Waals surface area (Å²) in [6.07, 6.45) is 0. The van der Waals surface area contributed by atoms with E-state index in [1.54, 1.807) is 13.8 Å². The highest BCUT2D eigenvalue weighted by Gasteiger charge is 2.27. The van der Waals surface area contributed by atoms with Gasteiger partial charge in [0.1, 0.15) is 5.82 Å². The van der Waals surface area contributed by atoms with Gasteiger partial charge < -0.3 is 10.8 Å². The molecule has 1 heterocycles. The van der Waals surface area contributed by atoms with E-state index in [1.807, 2.05) is 0 Å². The van der Waals surface area contributed by atoms with Crippen LogP contribution in [0.2, 0.25) is 5.02 Å². The Bertz CT molecular complexity index is 1110. The lowest BCUT2D eigenvalue weighted by Gasteiger charge is -2.10. The Hall–Kier alpha value is -2.93. The Morgan fingerprint density at radius 1 is 1.19 bits per heavy atom. The zero-order chi connectivity index (χ0) is 20.0. The molecule has 140 valence electrons. The summed E-state index contributed by atoms with van der Waals surface area (Å²) < 4.78 is 28.9. The van der Waals surface area contributed by atoms with Crippen LogP contribution in [0.5, 0.6) is 5.75 Å². The molecule has 3 N–H and O–H groups in total. The molecule has 1 amide bonds. The first-order chi connectivity index (χ1) is 12.6. The van der Waals surface area contributed by atoms with Crippen LogP contribution in [0.3, 0.4) is 0 Å². The lowest BCUT2D eigenvalue weighted by molar-refractivity contribution is -0.119. The monoisotopic (exact) mass is 392 g/mol. The number of fused-ring (bicyclic) bond motifs is 1. The second-order valence-corrected chi connectivity index (χ2v) is 6.62. The number of aromatic nitrogens is 1. The van der Waals surface area contributed by atoms with Gasteiger partial charge in [0.05, 0.1) is 16.5 Å². The lowest BCUT2D eigenvalue weighted by atomic mass is 9.97. The van der Waals surface area contributed by atoms with Crippen molar-refractivity contribution < 1.29 is 23.5 Å². The predicted molar refractivity (Wildman–Crippen MR) is 97.0 cm³/mol. The molecular weight excluding hydrogens is 378 g/mol. The number of primary amides is 1. The standard InChI is InChI=1S/C19H15ClF2N2O3/c1-8(18(23)26)17-9(2)24(15-7-14(22)16(25)6-11(15)17)19(27)10-3-4-12(20)13(21)5-10/h3-8,25H,1-2H3,(H2,23,26)/t8-/m0/s1. The van der Waals surface area contributed by atoms with Crippen molar-refractivity contribution in [2.24, 2.45) is 5.73 Å². The molecule has 2 aromatic carbocycles. The maximum Gasteiger partial charge on any atom is 0.262 e. The molecule has 3 aromatic rings. The molecule has 5 nitrogen and oxygen atoms in total. The smallest absolute Gasteiger partial charge is 0.262 e. The minimum Gasteiger partial charge on any atom is -0.505 e. The zero-order valence-corrected chi connectivity index (χ0v) is 15.1. The van der Waals surface area contributed by atoms with Crippen molar-refractivity contribution in [3.63, 3.8) is 0 Å². The molecule has 0 radical (unpaired) electrons. The van der Waals surface area contributed by atoms with Crippen LogP contribution in [0, 0.1) is 18.6 Å². The number of aromatic hydroxyl groups is 1. The molecular formula is C19H15ClF2N2O3. The number of hydrogen-bond donors (Lipinski definition) is 2. The minimum atomic E-state index is -0.936. The zero-order valence-electron chi connectivity index (χ0n) is 14.4. The van der Waals surface area contributed by atoms with Crippen LogP contribution in [0.4, 0.5) is 8.78 Å². The summed E-state index contributed by atoms with van der Waals surface area (Å²) in [6.45, 7) is 3.11. The van der Waals surface area contributed by atoms with Gasteiger partial charge in [0, 0.05) is 22.7 Å². The molecule has 3 rings (SSSR count). The van der Waals surface area contributed by atoms with Crippen molar-refractivity contribution in [3.8, 4) is 5.75 Å². The highest BCUT2D eigenvalue weighted by molar-refractivity contribution is 6.30. The Kier molecular flexibility index (Phi) is 4.65. The normalized spacial score (nSPS) is 12.3. The average Bonchev–Trinajstić information content (AvgIpc) is 2.87. The van der Waals surface area contributed by atoms with Crippen LogP contribution in [0.25, 0.3) is 10.9 Å². The molecule has 0 saturated heterocycles. The van der Waals surface area contributed by atoms with E-state index >= 15 is 0 Å². The second kappa shape index (κ2) is 6.66. The Morgan fingerprint density at radius 2 is 1.85 bits per heavy atom. The third-order valence-corrected chi connectivity index (χ3v) is 4.86. The van der Waals surface area contributed by atoms with Gasteiger partial charge in [-0.1, -0.05) is 11.6 Å². The van der Waals surface area contributed by atoms with Crippen LogP contribution < -0.4 is 5.73 Å². The van der Waals surface area contributed by atoms with Crippen LogP contribution in [-0.4, -0.2) is 21.5 Å². The van der Waals surface area contributed by atoms with Crippen LogP contribution in [0.15, 0.2) is 30.3 Å². The van der Waals surface area contributed by atoms with Gasteiger partial charge in [-0.15, -0.1) is 0 Å². The van der Waals surface area contributed by atoms with E-state index in [-0.39, 0.29) is 16.1 Å². The number of phenols is 1. The Morgan fingerprint density at radius 3 is 2.44 bits per heavy atom. The van der Waals surface area contributed by atoms with Crippen molar-refractivity contribution >= 4 is 34.3 Å². The highest BCUT2D eigenvalue weighted by atomic mass is 35.5. The molecule has 0 fully saturated rings. The average molecular weight is 393 g/mol. The molecule has 0 aliphatic rings. The van der Waals surface area contributed by atoms with Gasteiger partial charge in [-0.25, -0.2) is 8.78 Å². The molecule has 8 heteroatoms. The maximum atomic E-state index is 14.0. The lowest BCUT2D eigenvalue weighted by Crippen LogP contribution is -2.20. The van der Waals surface area contributed by atoms with Gasteiger partial charge in [-0.3, -0.25) is 14.2 Å². The summed E-state index contributed by atoms with van der Waals surface area (Å²) in [5.74, 6) is -4.41. The summed E-state index contributed by atoms with van der Waals surface area (Å²) in [5.41, 5.74) is 6.23. The Balaban J connectivity index is 2.33. The number of benzene rings is 2. The fraction of sp³-hybridized carbons (Fsp3) is 0.158. The summed E-state index contributed by atoms with van der Waals surface area (Å²) in [5, 5.41) is 9.90. The number of nitrogens with zero attached hydrogens (tertiary/aromatic N) is 1. The van der Waals surface area contributed by atoms with E-state index in [0.29, 0.717) is 16.6 Å². The van der Waals surface area contributed by atoms with E-state index in [9.17, 15) is 23.5 Å². The topological polar surface area (TPSA) is 85.3 Å². The van der Waals surface area contributed by atoms with Gasteiger partial charge >= 0.3 is 0 Å². The van der Waals surface area contributed by atoms with Gasteiger partial charge in [0.2, 0.25) is 5.91 Å². The number of nitrogens with two attached hydrogens (primary N) is 1. The summed E-state index contributed by atoms with van der Waals surface area (Å²) in [4.78, 5) is 24.7. The predicted octanol–water partition coefficient (Wildman–Crippen LogP) is 3.86. The molecule has 0 saturated carbocycles. The van der Waals surface area contributed by atoms with Gasteiger partial charge in [0.25, 0.3) is 5.91 Å². The minimum absolute atomic E-state index is 0.0105. The van der Waals surface area contributed by atoms with E-state index < -0.39 is 35.1 Å². The number of hydrogen-bond acceptors (Lipinski definition) is 3. The Labute approximate surface area is 158 Å². The molecule has 0 aliphatic heterocycles.